The molecule has 0 N–H and O–H groups in total. The summed E-state index contributed by atoms with van der Waals surface area (Å²) < 4.78 is 0. The number of nitrogens with zero attached hydrogens (tertiary/aromatic N) is 6. The van der Waals surface area contributed by atoms with Crippen LogP contribution in [0.15, 0.2) is 76.0 Å². The van der Waals surface area contributed by atoms with E-state index in [-0.39, 0.29) is 11.8 Å². The van der Waals surface area contributed by atoms with Crippen molar-refractivity contribution in [2.45, 2.75) is 20.8 Å². The van der Waals surface area contributed by atoms with Crippen LogP contribution in [0.1, 0.15) is 20.8 Å². The highest BCUT2D eigenvalue weighted by molar-refractivity contribution is 6.32. The predicted octanol–water partition coefficient (Wildman–Crippen LogP) is 2.90. The quantitative estimate of drug-likeness (QED) is 0.707. The molecule has 5 rings (SSSR count). The molecule has 172 valence electrons. The zero-order valence-electron chi connectivity index (χ0n) is 19.3. The van der Waals surface area contributed by atoms with E-state index in [1.54, 1.807) is 64.2 Å². The first-order valence-corrected chi connectivity index (χ1v) is 11.0. The summed E-state index contributed by atoms with van der Waals surface area (Å²) in [4.78, 5) is 41.6. The number of rotatable bonds is 4. The summed E-state index contributed by atoms with van der Waals surface area (Å²) in [7, 11) is 1.55. The van der Waals surface area contributed by atoms with E-state index in [2.05, 4.69) is 15.3 Å². The monoisotopic (exact) mass is 456 g/mol. The molecule has 3 unspecified atom stereocenters. The van der Waals surface area contributed by atoms with Crippen molar-refractivity contribution in [1.29, 1.82) is 0 Å². The van der Waals surface area contributed by atoms with Crippen molar-refractivity contribution in [3.8, 4) is 0 Å². The Balaban J connectivity index is 1.69. The average molecular weight is 457 g/mol. The maximum atomic E-state index is 14.3. The van der Waals surface area contributed by atoms with Crippen molar-refractivity contribution in [1.82, 2.24) is 5.01 Å². The molecule has 0 fully saturated rings. The molecule has 34 heavy (non-hydrogen) atoms. The topological polar surface area (TPSA) is 98.0 Å². The van der Waals surface area contributed by atoms with Gasteiger partial charge in [0.15, 0.2) is 0 Å². The SMILES string of the molecule is CC1=NN(C)C(=O)C1C1(C2C(=O)N(c3ccccc3)N=C2C)C(=O)N(c2ccccc2)N=C1C. The van der Waals surface area contributed by atoms with Crippen LogP contribution >= 0.6 is 0 Å². The minimum Gasteiger partial charge on any atom is -0.272 e. The summed E-state index contributed by atoms with van der Waals surface area (Å²) in [6.45, 7) is 5.13. The van der Waals surface area contributed by atoms with Crippen LogP contribution in [0.4, 0.5) is 11.4 Å². The Morgan fingerprint density at radius 3 is 1.71 bits per heavy atom. The molecule has 3 atom stereocenters. The molecular weight excluding hydrogens is 432 g/mol. The molecule has 3 aliphatic heterocycles. The summed E-state index contributed by atoms with van der Waals surface area (Å²) in [5.41, 5.74) is 0.851. The van der Waals surface area contributed by atoms with Gasteiger partial charge in [0, 0.05) is 18.5 Å². The molecule has 0 saturated carbocycles. The third-order valence-corrected chi connectivity index (χ3v) is 6.73. The Kier molecular flexibility index (Phi) is 4.93. The molecule has 0 aromatic heterocycles. The number of hydrogen-bond donors (Lipinski definition) is 0. The van der Waals surface area contributed by atoms with Crippen LogP contribution < -0.4 is 10.0 Å². The molecule has 0 saturated heterocycles. The first-order chi connectivity index (χ1) is 16.3. The molecule has 9 nitrogen and oxygen atoms in total. The van der Waals surface area contributed by atoms with Crippen LogP contribution in [-0.2, 0) is 14.4 Å². The molecule has 3 aliphatic rings. The van der Waals surface area contributed by atoms with E-state index in [9.17, 15) is 14.4 Å². The van der Waals surface area contributed by atoms with Crippen LogP contribution in [0.5, 0.6) is 0 Å². The highest BCUT2D eigenvalue weighted by Crippen LogP contribution is 2.50. The Hall–Kier alpha value is -4.14. The highest BCUT2D eigenvalue weighted by atomic mass is 16.2. The zero-order chi connectivity index (χ0) is 24.2. The van der Waals surface area contributed by atoms with Gasteiger partial charge < -0.3 is 0 Å². The fraction of sp³-hybridized carbons (Fsp3) is 0.280. The maximum absolute atomic E-state index is 14.3. The second-order valence-electron chi connectivity index (χ2n) is 8.70. The normalized spacial score (nSPS) is 26.9. The summed E-state index contributed by atoms with van der Waals surface area (Å²) in [5.74, 6) is -3.16. The minimum atomic E-state index is -1.58. The number of carbonyl (C=O) groups excluding carboxylic acids is 3. The van der Waals surface area contributed by atoms with Crippen molar-refractivity contribution < 1.29 is 14.4 Å². The average Bonchev–Trinajstić information content (AvgIpc) is 3.38. The molecule has 0 bridgehead atoms. The number of hydrogen-bond acceptors (Lipinski definition) is 6. The minimum absolute atomic E-state index is 0.353. The molecule has 3 heterocycles. The smallest absolute Gasteiger partial charge is 0.261 e. The number of para-hydroxylation sites is 2. The van der Waals surface area contributed by atoms with Gasteiger partial charge in [-0.2, -0.15) is 20.3 Å². The van der Waals surface area contributed by atoms with Crippen LogP contribution in [0.25, 0.3) is 0 Å². The lowest BCUT2D eigenvalue weighted by molar-refractivity contribution is -0.140. The van der Waals surface area contributed by atoms with Gasteiger partial charge in [-0.15, -0.1) is 0 Å². The molecule has 9 heteroatoms. The first kappa shape index (κ1) is 21.7. The number of benzene rings is 2. The Bertz CT molecular complexity index is 1290. The van der Waals surface area contributed by atoms with E-state index in [4.69, 9.17) is 0 Å². The van der Waals surface area contributed by atoms with Crippen LogP contribution in [0.3, 0.4) is 0 Å². The van der Waals surface area contributed by atoms with Crippen molar-refractivity contribution in [2.75, 3.05) is 17.1 Å². The molecule has 2 aromatic rings. The van der Waals surface area contributed by atoms with Gasteiger partial charge in [-0.05, 0) is 45.0 Å². The Labute approximate surface area is 197 Å². The Morgan fingerprint density at radius 2 is 1.18 bits per heavy atom. The van der Waals surface area contributed by atoms with Gasteiger partial charge in [-0.1, -0.05) is 36.4 Å². The fourth-order valence-corrected chi connectivity index (χ4v) is 5.26. The van der Waals surface area contributed by atoms with Gasteiger partial charge in [-0.25, -0.2) is 10.0 Å². The number of amides is 3. The van der Waals surface area contributed by atoms with Gasteiger partial charge in [0.2, 0.25) is 0 Å². The number of anilines is 2. The molecule has 0 spiro atoms. The molecule has 2 aromatic carbocycles. The maximum Gasteiger partial charge on any atom is 0.261 e. The highest BCUT2D eigenvalue weighted by Gasteiger charge is 2.68. The van der Waals surface area contributed by atoms with E-state index in [1.807, 2.05) is 24.3 Å². The van der Waals surface area contributed by atoms with Crippen molar-refractivity contribution in [3.05, 3.63) is 60.7 Å². The summed E-state index contributed by atoms with van der Waals surface area (Å²) in [6, 6.07) is 18.0. The number of hydrazone groups is 3. The van der Waals surface area contributed by atoms with Gasteiger partial charge in [0.05, 0.1) is 17.1 Å². The summed E-state index contributed by atoms with van der Waals surface area (Å²) in [6.07, 6.45) is 0. The molecule has 0 radical (unpaired) electrons. The molecular formula is C25H24N6O3. The summed E-state index contributed by atoms with van der Waals surface area (Å²) >= 11 is 0. The second-order valence-corrected chi connectivity index (χ2v) is 8.70. The van der Waals surface area contributed by atoms with E-state index < -0.39 is 23.2 Å². The van der Waals surface area contributed by atoms with Crippen molar-refractivity contribution >= 4 is 46.2 Å². The van der Waals surface area contributed by atoms with E-state index >= 15 is 0 Å². The molecule has 3 amide bonds. The lowest BCUT2D eigenvalue weighted by Gasteiger charge is -2.37. The standard InChI is InChI=1S/C25H24N6O3/c1-15-20(22(32)29(4)26-15)25(17(3)28-31(24(25)34)19-13-9-6-10-14-19)21-16(2)27-30(23(21)33)18-11-7-5-8-12-18/h5-14,20-21H,1-4H3. The van der Waals surface area contributed by atoms with Gasteiger partial charge in [0.25, 0.3) is 17.7 Å². The van der Waals surface area contributed by atoms with E-state index in [0.717, 1.165) is 0 Å². The predicted molar refractivity (Wildman–Crippen MR) is 129 cm³/mol. The lowest BCUT2D eigenvalue weighted by Crippen LogP contribution is -2.58. The largest absolute Gasteiger partial charge is 0.272 e. The number of carbonyl (C=O) groups is 3. The zero-order valence-corrected chi connectivity index (χ0v) is 19.3. The van der Waals surface area contributed by atoms with Gasteiger partial charge in [-0.3, -0.25) is 14.4 Å². The van der Waals surface area contributed by atoms with E-state index in [1.165, 1.54) is 15.0 Å². The van der Waals surface area contributed by atoms with Crippen LogP contribution in [0, 0.1) is 17.3 Å². The van der Waals surface area contributed by atoms with Crippen molar-refractivity contribution in [3.63, 3.8) is 0 Å². The van der Waals surface area contributed by atoms with Gasteiger partial charge >= 0.3 is 0 Å². The first-order valence-electron chi connectivity index (χ1n) is 11.0. The van der Waals surface area contributed by atoms with Crippen LogP contribution in [-0.4, -0.2) is 46.9 Å². The lowest BCUT2D eigenvalue weighted by atomic mass is 9.60. The van der Waals surface area contributed by atoms with Crippen molar-refractivity contribution in [2.24, 2.45) is 32.6 Å². The Morgan fingerprint density at radius 1 is 0.676 bits per heavy atom. The van der Waals surface area contributed by atoms with E-state index in [0.29, 0.717) is 28.5 Å². The van der Waals surface area contributed by atoms with Crippen LogP contribution in [0.2, 0.25) is 0 Å². The molecule has 0 aliphatic carbocycles. The third kappa shape index (κ3) is 2.86. The third-order valence-electron chi connectivity index (χ3n) is 6.73. The second kappa shape index (κ2) is 7.72. The van der Waals surface area contributed by atoms with Gasteiger partial charge in [0.1, 0.15) is 17.3 Å². The fourth-order valence-electron chi connectivity index (χ4n) is 5.26. The summed E-state index contributed by atoms with van der Waals surface area (Å²) in [5, 5.41) is 17.3.